The maximum absolute atomic E-state index is 10.9. The number of benzene rings is 3. The molecule has 0 fully saturated rings. The molecule has 0 aliphatic carbocycles. The highest BCUT2D eigenvalue weighted by Gasteiger charge is 2.11. The van der Waals surface area contributed by atoms with Gasteiger partial charge in [-0.05, 0) is 42.5 Å². The van der Waals surface area contributed by atoms with E-state index in [1.807, 2.05) is 18.2 Å². The van der Waals surface area contributed by atoms with Crippen LogP contribution >= 0.6 is 31.9 Å². The van der Waals surface area contributed by atoms with Crippen LogP contribution in [0.3, 0.4) is 0 Å². The number of aromatic hydroxyl groups is 1. The lowest BCUT2D eigenvalue weighted by Gasteiger charge is -1.99. The van der Waals surface area contributed by atoms with Crippen LogP contribution in [0.25, 0.3) is 22.6 Å². The molecule has 3 aromatic carbocycles. The van der Waals surface area contributed by atoms with Gasteiger partial charge < -0.3 is 9.52 Å². The minimum atomic E-state index is -0.528. The van der Waals surface area contributed by atoms with Crippen LogP contribution in [0, 0.1) is 10.1 Å². The number of nitro groups is 1. The van der Waals surface area contributed by atoms with Crippen molar-refractivity contribution in [3.63, 3.8) is 0 Å². The van der Waals surface area contributed by atoms with Gasteiger partial charge in [-0.3, -0.25) is 15.1 Å². The van der Waals surface area contributed by atoms with Gasteiger partial charge >= 0.3 is 0 Å². The van der Waals surface area contributed by atoms with E-state index >= 15 is 0 Å². The summed E-state index contributed by atoms with van der Waals surface area (Å²) < 4.78 is 7.61. The van der Waals surface area contributed by atoms with E-state index in [1.54, 1.807) is 18.2 Å². The van der Waals surface area contributed by atoms with Crippen LogP contribution in [-0.2, 0) is 0 Å². The fourth-order valence-corrected chi connectivity index (χ4v) is 3.99. The highest BCUT2D eigenvalue weighted by Crippen LogP contribution is 2.31. The molecule has 0 aliphatic heterocycles. The summed E-state index contributed by atoms with van der Waals surface area (Å²) in [6, 6.07) is 14.7. The number of aromatic nitrogens is 1. The quantitative estimate of drug-likeness (QED) is 0.192. The van der Waals surface area contributed by atoms with Crippen LogP contribution in [0.2, 0.25) is 0 Å². The number of phenolic OH excluding ortho intramolecular Hbond substituents is 1. The Morgan fingerprint density at radius 1 is 1.07 bits per heavy atom. The molecular formula is C20H11Br2N3O4. The largest absolute Gasteiger partial charge is 0.507 e. The lowest BCUT2D eigenvalue weighted by atomic mass is 10.2. The lowest BCUT2D eigenvalue weighted by molar-refractivity contribution is -0.384. The molecule has 0 saturated carbocycles. The first-order valence-electron chi connectivity index (χ1n) is 8.27. The first kappa shape index (κ1) is 19.3. The monoisotopic (exact) mass is 515 g/mol. The maximum Gasteiger partial charge on any atom is 0.270 e. The number of non-ortho nitro benzene ring substituents is 1. The van der Waals surface area contributed by atoms with Crippen molar-refractivity contribution < 1.29 is 14.4 Å². The van der Waals surface area contributed by atoms with Crippen molar-refractivity contribution in [3.05, 3.63) is 79.2 Å². The molecule has 0 bridgehead atoms. The van der Waals surface area contributed by atoms with E-state index in [2.05, 4.69) is 41.8 Å². The van der Waals surface area contributed by atoms with Gasteiger partial charge in [-0.2, -0.15) is 0 Å². The summed E-state index contributed by atoms with van der Waals surface area (Å²) in [5.41, 5.74) is 2.73. The summed E-state index contributed by atoms with van der Waals surface area (Å²) in [6.45, 7) is 0. The van der Waals surface area contributed by atoms with E-state index < -0.39 is 4.92 Å². The summed E-state index contributed by atoms with van der Waals surface area (Å²) in [5, 5.41) is 20.8. The Hall–Kier alpha value is -3.04. The number of phenols is 1. The van der Waals surface area contributed by atoms with Gasteiger partial charge in [-0.1, -0.05) is 31.9 Å². The molecule has 1 N–H and O–H groups in total. The molecular weight excluding hydrogens is 506 g/mol. The van der Waals surface area contributed by atoms with Gasteiger partial charge in [0.2, 0.25) is 5.89 Å². The number of hydrogen-bond donors (Lipinski definition) is 1. The van der Waals surface area contributed by atoms with E-state index in [9.17, 15) is 15.2 Å². The van der Waals surface area contributed by atoms with Gasteiger partial charge in [-0.25, -0.2) is 4.98 Å². The first-order valence-corrected chi connectivity index (χ1v) is 9.86. The second-order valence-electron chi connectivity index (χ2n) is 6.09. The predicted molar refractivity (Wildman–Crippen MR) is 117 cm³/mol. The molecule has 4 aromatic rings. The fourth-order valence-electron chi connectivity index (χ4n) is 2.70. The van der Waals surface area contributed by atoms with Crippen molar-refractivity contribution in [2.75, 3.05) is 0 Å². The minimum Gasteiger partial charge on any atom is -0.507 e. The Bertz CT molecular complexity index is 1260. The van der Waals surface area contributed by atoms with Gasteiger partial charge in [0.1, 0.15) is 11.3 Å². The zero-order valence-electron chi connectivity index (χ0n) is 14.5. The molecule has 0 aliphatic rings. The second-order valence-corrected chi connectivity index (χ2v) is 7.92. The van der Waals surface area contributed by atoms with Crippen molar-refractivity contribution in [3.8, 4) is 17.2 Å². The molecule has 7 nitrogen and oxygen atoms in total. The van der Waals surface area contributed by atoms with E-state index in [-0.39, 0.29) is 17.0 Å². The molecule has 29 heavy (non-hydrogen) atoms. The molecule has 4 rings (SSSR count). The molecule has 0 unspecified atom stereocenters. The topological polar surface area (TPSA) is 102 Å². The van der Waals surface area contributed by atoms with Gasteiger partial charge in [0.05, 0.1) is 10.6 Å². The Labute approximate surface area is 181 Å². The van der Waals surface area contributed by atoms with Crippen molar-refractivity contribution in [1.29, 1.82) is 0 Å². The molecule has 144 valence electrons. The Kier molecular flexibility index (Phi) is 5.16. The predicted octanol–water partition coefficient (Wildman–Crippen LogP) is 6.38. The number of nitro benzene ring substituents is 1. The highest BCUT2D eigenvalue weighted by atomic mass is 79.9. The summed E-state index contributed by atoms with van der Waals surface area (Å²) in [6.07, 6.45) is 1.37. The lowest BCUT2D eigenvalue weighted by Crippen LogP contribution is -1.90. The molecule has 0 amide bonds. The zero-order valence-corrected chi connectivity index (χ0v) is 17.7. The molecule has 0 saturated heterocycles. The smallest absolute Gasteiger partial charge is 0.270 e. The van der Waals surface area contributed by atoms with Crippen LogP contribution in [0.1, 0.15) is 5.56 Å². The average Bonchev–Trinajstić information content (AvgIpc) is 3.10. The van der Waals surface area contributed by atoms with Crippen molar-refractivity contribution >= 4 is 60.5 Å². The van der Waals surface area contributed by atoms with Crippen molar-refractivity contribution in [1.82, 2.24) is 4.98 Å². The van der Waals surface area contributed by atoms with Crippen LogP contribution in [0.15, 0.2) is 73.0 Å². The third-order valence-corrected chi connectivity index (χ3v) is 4.97. The van der Waals surface area contributed by atoms with Crippen LogP contribution in [0.4, 0.5) is 11.4 Å². The third-order valence-electron chi connectivity index (χ3n) is 4.06. The van der Waals surface area contributed by atoms with Gasteiger partial charge in [0.25, 0.3) is 5.69 Å². The van der Waals surface area contributed by atoms with E-state index in [0.717, 1.165) is 14.5 Å². The fraction of sp³-hybridized carbons (Fsp3) is 0. The van der Waals surface area contributed by atoms with Gasteiger partial charge in [-0.15, -0.1) is 0 Å². The number of halogens is 2. The average molecular weight is 517 g/mol. The van der Waals surface area contributed by atoms with Crippen molar-refractivity contribution in [2.45, 2.75) is 0 Å². The molecule has 0 spiro atoms. The third kappa shape index (κ3) is 4.20. The number of fused-ring (bicyclic) bond motifs is 1. The maximum atomic E-state index is 10.9. The minimum absolute atomic E-state index is 0.0932. The van der Waals surface area contributed by atoms with Crippen LogP contribution in [-0.4, -0.2) is 21.2 Å². The summed E-state index contributed by atoms with van der Waals surface area (Å²) in [7, 11) is 0. The van der Waals surface area contributed by atoms with Crippen molar-refractivity contribution in [2.24, 2.45) is 4.99 Å². The highest BCUT2D eigenvalue weighted by molar-refractivity contribution is 9.11. The first-order chi connectivity index (χ1) is 13.9. The number of aliphatic imine (C=N–C) groups is 1. The molecule has 0 atom stereocenters. The number of nitrogens with zero attached hydrogens (tertiary/aromatic N) is 3. The molecule has 1 heterocycles. The normalized spacial score (nSPS) is 11.4. The summed E-state index contributed by atoms with van der Waals surface area (Å²) in [5.74, 6) is 0.379. The number of hydrogen-bond acceptors (Lipinski definition) is 6. The molecule has 9 heteroatoms. The van der Waals surface area contributed by atoms with Gasteiger partial charge in [0, 0.05) is 38.4 Å². The second kappa shape index (κ2) is 7.76. The van der Waals surface area contributed by atoms with Crippen LogP contribution in [0.5, 0.6) is 5.75 Å². The van der Waals surface area contributed by atoms with E-state index in [1.165, 1.54) is 24.4 Å². The molecule has 1 aromatic heterocycles. The Balaban J connectivity index is 1.67. The Morgan fingerprint density at radius 3 is 2.55 bits per heavy atom. The summed E-state index contributed by atoms with van der Waals surface area (Å²) in [4.78, 5) is 19.2. The number of rotatable bonds is 4. The Morgan fingerprint density at radius 2 is 1.83 bits per heavy atom. The van der Waals surface area contributed by atoms with E-state index in [4.69, 9.17) is 4.42 Å². The molecule has 0 radical (unpaired) electrons. The number of oxazole rings is 1. The van der Waals surface area contributed by atoms with E-state index in [0.29, 0.717) is 22.7 Å². The SMILES string of the molecule is O=[N+]([O-])c1ccc(O)c(C=Nc2ccc3oc(-c4cc(Br)cc(Br)c4)nc3c2)c1. The van der Waals surface area contributed by atoms with Gasteiger partial charge in [0.15, 0.2) is 5.58 Å². The van der Waals surface area contributed by atoms with Crippen LogP contribution < -0.4 is 0 Å². The zero-order chi connectivity index (χ0) is 20.5. The summed E-state index contributed by atoms with van der Waals surface area (Å²) >= 11 is 6.89. The standard InChI is InChI=1S/C20H11Br2N3O4/c21-13-5-11(6-14(22)8-13)20-24-17-9-15(1-4-19(17)29-20)23-10-12-7-16(25(27)28)2-3-18(12)26/h1-10,26H.